The van der Waals surface area contributed by atoms with Gasteiger partial charge in [0.05, 0.1) is 18.3 Å². The molecule has 26 heavy (non-hydrogen) atoms. The Morgan fingerprint density at radius 1 is 1.23 bits per heavy atom. The van der Waals surface area contributed by atoms with Gasteiger partial charge in [0.25, 0.3) is 0 Å². The van der Waals surface area contributed by atoms with Gasteiger partial charge in [-0.25, -0.2) is 9.97 Å². The van der Waals surface area contributed by atoms with E-state index >= 15 is 0 Å². The van der Waals surface area contributed by atoms with Gasteiger partial charge >= 0.3 is 5.88 Å². The standard InChI is InChI=1S/C18H15ClN4O3/c19-14-3-1-12(2-4-14)18-20-9-13-10-22(8-7-16(13)21-18)11-15-5-6-17(26-15)23(24)25/h1-6,9H,7-8,10-11H2. The van der Waals surface area contributed by atoms with Gasteiger partial charge in [-0.05, 0) is 30.3 Å². The highest BCUT2D eigenvalue weighted by Crippen LogP contribution is 2.24. The molecule has 1 aliphatic rings. The van der Waals surface area contributed by atoms with E-state index in [-0.39, 0.29) is 5.88 Å². The Morgan fingerprint density at radius 3 is 2.77 bits per heavy atom. The van der Waals surface area contributed by atoms with Crippen LogP contribution in [0.4, 0.5) is 5.88 Å². The van der Waals surface area contributed by atoms with E-state index in [1.165, 1.54) is 6.07 Å². The number of aromatic nitrogens is 2. The van der Waals surface area contributed by atoms with Crippen LogP contribution in [0, 0.1) is 10.1 Å². The fourth-order valence-corrected chi connectivity index (χ4v) is 3.14. The summed E-state index contributed by atoms with van der Waals surface area (Å²) in [6, 6.07) is 10.5. The van der Waals surface area contributed by atoms with Crippen molar-refractivity contribution >= 4 is 17.5 Å². The minimum atomic E-state index is -0.527. The fraction of sp³-hybridized carbons (Fsp3) is 0.222. The van der Waals surface area contributed by atoms with Crippen molar-refractivity contribution in [2.75, 3.05) is 6.54 Å². The van der Waals surface area contributed by atoms with E-state index in [0.717, 1.165) is 29.8 Å². The molecule has 1 aromatic carbocycles. The van der Waals surface area contributed by atoms with Gasteiger partial charge in [0.1, 0.15) is 10.7 Å². The molecule has 0 spiro atoms. The zero-order valence-corrected chi connectivity index (χ0v) is 14.5. The van der Waals surface area contributed by atoms with E-state index in [2.05, 4.69) is 14.9 Å². The molecular weight excluding hydrogens is 356 g/mol. The molecule has 0 bridgehead atoms. The lowest BCUT2D eigenvalue weighted by atomic mass is 10.1. The highest BCUT2D eigenvalue weighted by molar-refractivity contribution is 6.30. The Balaban J connectivity index is 1.48. The summed E-state index contributed by atoms with van der Waals surface area (Å²) >= 11 is 5.92. The van der Waals surface area contributed by atoms with Crippen molar-refractivity contribution in [1.82, 2.24) is 14.9 Å². The third-order valence-electron chi connectivity index (χ3n) is 4.32. The summed E-state index contributed by atoms with van der Waals surface area (Å²) in [5.74, 6) is 1.04. The second-order valence-electron chi connectivity index (χ2n) is 6.13. The molecule has 3 heterocycles. The van der Waals surface area contributed by atoms with Gasteiger partial charge in [-0.15, -0.1) is 0 Å². The molecule has 132 valence electrons. The van der Waals surface area contributed by atoms with Crippen molar-refractivity contribution in [3.8, 4) is 11.4 Å². The van der Waals surface area contributed by atoms with Gasteiger partial charge in [0.2, 0.25) is 0 Å². The van der Waals surface area contributed by atoms with Crippen LogP contribution in [-0.2, 0) is 19.5 Å². The highest BCUT2D eigenvalue weighted by Gasteiger charge is 2.21. The van der Waals surface area contributed by atoms with Crippen LogP contribution >= 0.6 is 11.6 Å². The van der Waals surface area contributed by atoms with Crippen molar-refractivity contribution in [2.45, 2.75) is 19.5 Å². The zero-order valence-electron chi connectivity index (χ0n) is 13.8. The van der Waals surface area contributed by atoms with Gasteiger partial charge in [-0.3, -0.25) is 15.0 Å². The van der Waals surface area contributed by atoms with Crippen LogP contribution in [0.3, 0.4) is 0 Å². The summed E-state index contributed by atoms with van der Waals surface area (Å²) in [6.45, 7) is 2.01. The third kappa shape index (κ3) is 3.44. The van der Waals surface area contributed by atoms with Gasteiger partial charge in [0, 0.05) is 41.9 Å². The second kappa shape index (κ2) is 6.86. The van der Waals surface area contributed by atoms with Crippen LogP contribution < -0.4 is 0 Å². The summed E-state index contributed by atoms with van der Waals surface area (Å²) in [4.78, 5) is 21.5. The molecule has 2 aromatic heterocycles. The Morgan fingerprint density at radius 2 is 2.04 bits per heavy atom. The number of nitro groups is 1. The first-order chi connectivity index (χ1) is 12.6. The lowest BCUT2D eigenvalue weighted by molar-refractivity contribution is -0.402. The van der Waals surface area contributed by atoms with E-state index in [4.69, 9.17) is 16.0 Å². The predicted octanol–water partition coefficient (Wildman–Crippen LogP) is 3.86. The van der Waals surface area contributed by atoms with E-state index in [9.17, 15) is 10.1 Å². The summed E-state index contributed by atoms with van der Waals surface area (Å²) < 4.78 is 5.24. The number of hydrogen-bond donors (Lipinski definition) is 0. The number of rotatable bonds is 4. The monoisotopic (exact) mass is 370 g/mol. The normalized spacial score (nSPS) is 14.2. The van der Waals surface area contributed by atoms with Crippen LogP contribution in [0.5, 0.6) is 0 Å². The topological polar surface area (TPSA) is 85.3 Å². The average molecular weight is 371 g/mol. The van der Waals surface area contributed by atoms with E-state index in [1.807, 2.05) is 30.5 Å². The molecule has 0 aliphatic carbocycles. The Hall–Kier alpha value is -2.77. The molecule has 1 aliphatic heterocycles. The summed E-state index contributed by atoms with van der Waals surface area (Å²) in [6.07, 6.45) is 2.64. The fourth-order valence-electron chi connectivity index (χ4n) is 3.02. The first-order valence-corrected chi connectivity index (χ1v) is 8.52. The Labute approximate surface area is 154 Å². The smallest absolute Gasteiger partial charge is 0.404 e. The number of fused-ring (bicyclic) bond motifs is 1. The van der Waals surface area contributed by atoms with Gasteiger partial charge in [-0.2, -0.15) is 0 Å². The molecule has 4 rings (SSSR count). The Bertz CT molecular complexity index is 955. The largest absolute Gasteiger partial charge is 0.433 e. The summed E-state index contributed by atoms with van der Waals surface area (Å²) in [5, 5.41) is 11.4. The molecule has 0 unspecified atom stereocenters. The molecule has 0 N–H and O–H groups in total. The average Bonchev–Trinajstić information content (AvgIpc) is 3.11. The summed E-state index contributed by atoms with van der Waals surface area (Å²) in [7, 11) is 0. The van der Waals surface area contributed by atoms with Gasteiger partial charge < -0.3 is 4.42 Å². The van der Waals surface area contributed by atoms with Crippen molar-refractivity contribution < 1.29 is 9.34 Å². The third-order valence-corrected chi connectivity index (χ3v) is 4.57. The predicted molar refractivity (Wildman–Crippen MR) is 95.7 cm³/mol. The maximum atomic E-state index is 10.7. The first-order valence-electron chi connectivity index (χ1n) is 8.15. The lowest BCUT2D eigenvalue weighted by Gasteiger charge is -2.27. The van der Waals surface area contributed by atoms with Crippen LogP contribution in [0.25, 0.3) is 11.4 Å². The molecular formula is C18H15ClN4O3. The molecule has 0 saturated carbocycles. The molecule has 8 heteroatoms. The van der Waals surface area contributed by atoms with Gasteiger partial charge in [-0.1, -0.05) is 11.6 Å². The van der Waals surface area contributed by atoms with E-state index in [1.54, 1.807) is 6.07 Å². The quantitative estimate of drug-likeness (QED) is 0.512. The molecule has 0 amide bonds. The Kier molecular flexibility index (Phi) is 4.40. The number of halogens is 1. The zero-order chi connectivity index (χ0) is 18.1. The maximum Gasteiger partial charge on any atom is 0.433 e. The summed E-state index contributed by atoms with van der Waals surface area (Å²) in [5.41, 5.74) is 3.03. The van der Waals surface area contributed by atoms with E-state index in [0.29, 0.717) is 29.7 Å². The lowest BCUT2D eigenvalue weighted by Crippen LogP contribution is -2.30. The van der Waals surface area contributed by atoms with Crippen molar-refractivity contribution in [3.63, 3.8) is 0 Å². The number of nitrogens with zero attached hydrogens (tertiary/aromatic N) is 4. The molecule has 0 fully saturated rings. The van der Waals surface area contributed by atoms with Crippen LogP contribution in [0.2, 0.25) is 5.02 Å². The number of hydrogen-bond acceptors (Lipinski definition) is 6. The van der Waals surface area contributed by atoms with Crippen molar-refractivity contribution in [3.05, 3.63) is 74.7 Å². The molecule has 0 saturated heterocycles. The number of benzene rings is 1. The van der Waals surface area contributed by atoms with Crippen LogP contribution in [0.1, 0.15) is 17.0 Å². The molecule has 7 nitrogen and oxygen atoms in total. The van der Waals surface area contributed by atoms with Crippen LogP contribution in [0.15, 0.2) is 47.0 Å². The second-order valence-corrected chi connectivity index (χ2v) is 6.57. The molecule has 3 aromatic rings. The SMILES string of the molecule is O=[N+]([O-])c1ccc(CN2CCc3nc(-c4ccc(Cl)cc4)ncc3C2)o1. The minimum Gasteiger partial charge on any atom is -0.404 e. The number of furan rings is 1. The molecule has 0 atom stereocenters. The first kappa shape index (κ1) is 16.7. The van der Waals surface area contributed by atoms with E-state index < -0.39 is 4.92 Å². The van der Waals surface area contributed by atoms with Crippen LogP contribution in [-0.4, -0.2) is 26.3 Å². The van der Waals surface area contributed by atoms with Gasteiger partial charge in [0.15, 0.2) is 5.82 Å². The highest BCUT2D eigenvalue weighted by atomic mass is 35.5. The van der Waals surface area contributed by atoms with Crippen molar-refractivity contribution in [1.29, 1.82) is 0 Å². The van der Waals surface area contributed by atoms with Crippen molar-refractivity contribution in [2.24, 2.45) is 0 Å². The molecule has 0 radical (unpaired) electrons. The maximum absolute atomic E-state index is 10.7. The minimum absolute atomic E-state index is 0.228.